The molecule has 0 aromatic carbocycles. The van der Waals surface area contributed by atoms with Crippen LogP contribution in [0.15, 0.2) is 9.59 Å². The van der Waals surface area contributed by atoms with Gasteiger partial charge in [-0.15, -0.1) is 0 Å². The van der Waals surface area contributed by atoms with E-state index < -0.39 is 28.3 Å². The molecule has 1 heterocycles. The quantitative estimate of drug-likeness (QED) is 0.772. The first kappa shape index (κ1) is 13.0. The molecule has 0 fully saturated rings. The molecule has 0 aliphatic rings. The molecule has 0 saturated heterocycles. The molecule has 1 aromatic rings. The standard InChI is InChI=1S/C10H14ClFN2O2/c1-5(10(2,3)4)14-8(15)6(12)7(11)13-9(14)16/h5H,1-4H3,(H,13,16). The lowest BCUT2D eigenvalue weighted by molar-refractivity contribution is 0.246. The van der Waals surface area contributed by atoms with Crippen LogP contribution in [0.25, 0.3) is 0 Å². The SMILES string of the molecule is CC(n1c(=O)[nH]c(Cl)c(F)c1=O)C(C)(C)C. The van der Waals surface area contributed by atoms with Crippen LogP contribution < -0.4 is 11.2 Å². The fourth-order valence-electron chi connectivity index (χ4n) is 1.24. The Labute approximate surface area is 97.1 Å². The molecular formula is C10H14ClFN2O2. The molecule has 0 bridgehead atoms. The fourth-order valence-corrected chi connectivity index (χ4v) is 1.40. The summed E-state index contributed by atoms with van der Waals surface area (Å²) in [5.74, 6) is -1.13. The summed E-state index contributed by atoms with van der Waals surface area (Å²) in [7, 11) is 0. The number of aromatic nitrogens is 2. The van der Waals surface area contributed by atoms with Gasteiger partial charge in [-0.1, -0.05) is 32.4 Å². The maximum Gasteiger partial charge on any atom is 0.329 e. The van der Waals surface area contributed by atoms with Crippen LogP contribution in [0.2, 0.25) is 5.15 Å². The van der Waals surface area contributed by atoms with E-state index in [9.17, 15) is 14.0 Å². The van der Waals surface area contributed by atoms with Crippen LogP contribution in [-0.4, -0.2) is 9.55 Å². The first-order valence-corrected chi connectivity index (χ1v) is 5.24. The molecule has 6 heteroatoms. The van der Waals surface area contributed by atoms with Crippen molar-refractivity contribution in [3.05, 3.63) is 31.8 Å². The van der Waals surface area contributed by atoms with E-state index in [2.05, 4.69) is 4.98 Å². The van der Waals surface area contributed by atoms with Gasteiger partial charge in [0.25, 0.3) is 5.56 Å². The number of nitrogens with one attached hydrogen (secondary N) is 1. The lowest BCUT2D eigenvalue weighted by Gasteiger charge is -2.28. The zero-order valence-electron chi connectivity index (χ0n) is 9.60. The summed E-state index contributed by atoms with van der Waals surface area (Å²) in [6, 6.07) is -0.435. The minimum atomic E-state index is -1.13. The zero-order valence-corrected chi connectivity index (χ0v) is 10.4. The normalized spacial score (nSPS) is 13.9. The molecule has 16 heavy (non-hydrogen) atoms. The maximum atomic E-state index is 13.3. The molecule has 0 saturated carbocycles. The second-order valence-corrected chi connectivity index (χ2v) is 5.15. The van der Waals surface area contributed by atoms with Crippen molar-refractivity contribution in [1.29, 1.82) is 0 Å². The zero-order chi connectivity index (χ0) is 12.7. The van der Waals surface area contributed by atoms with Gasteiger partial charge in [0, 0.05) is 6.04 Å². The largest absolute Gasteiger partial charge is 0.329 e. The van der Waals surface area contributed by atoms with E-state index in [1.807, 2.05) is 20.8 Å². The Morgan fingerprint density at radius 1 is 1.38 bits per heavy atom. The predicted octanol–water partition coefficient (Wildman–Crippen LogP) is 1.94. The van der Waals surface area contributed by atoms with Crippen molar-refractivity contribution in [1.82, 2.24) is 9.55 Å². The lowest BCUT2D eigenvalue weighted by Crippen LogP contribution is -2.42. The number of H-pyrrole nitrogens is 1. The van der Waals surface area contributed by atoms with Gasteiger partial charge in [0.15, 0.2) is 5.15 Å². The van der Waals surface area contributed by atoms with E-state index in [4.69, 9.17) is 11.6 Å². The van der Waals surface area contributed by atoms with Crippen molar-refractivity contribution in [3.8, 4) is 0 Å². The van der Waals surface area contributed by atoms with Crippen LogP contribution in [0, 0.1) is 11.2 Å². The Morgan fingerprint density at radius 3 is 2.31 bits per heavy atom. The lowest BCUT2D eigenvalue weighted by atomic mass is 9.88. The Hall–Kier alpha value is -1.10. The van der Waals surface area contributed by atoms with Crippen molar-refractivity contribution in [3.63, 3.8) is 0 Å². The molecule has 0 radical (unpaired) electrons. The van der Waals surface area contributed by atoms with Crippen molar-refractivity contribution in [2.75, 3.05) is 0 Å². The summed E-state index contributed by atoms with van der Waals surface area (Å²) < 4.78 is 14.1. The van der Waals surface area contributed by atoms with Crippen molar-refractivity contribution in [2.24, 2.45) is 5.41 Å². The summed E-state index contributed by atoms with van der Waals surface area (Å²) in [5, 5.41) is -0.549. The van der Waals surface area contributed by atoms with Gasteiger partial charge in [-0.3, -0.25) is 14.3 Å². The van der Waals surface area contributed by atoms with Gasteiger partial charge >= 0.3 is 5.69 Å². The minimum Gasteiger partial charge on any atom is -0.295 e. The number of halogens is 2. The average molecular weight is 249 g/mol. The van der Waals surface area contributed by atoms with Crippen molar-refractivity contribution < 1.29 is 4.39 Å². The summed E-state index contributed by atoms with van der Waals surface area (Å²) in [4.78, 5) is 25.2. The molecule has 1 N–H and O–H groups in total. The van der Waals surface area contributed by atoms with Crippen LogP contribution in [0.4, 0.5) is 4.39 Å². The molecule has 4 nitrogen and oxygen atoms in total. The van der Waals surface area contributed by atoms with E-state index in [1.54, 1.807) is 6.92 Å². The van der Waals surface area contributed by atoms with Gasteiger partial charge < -0.3 is 0 Å². The van der Waals surface area contributed by atoms with Crippen LogP contribution in [0.5, 0.6) is 0 Å². The third kappa shape index (κ3) is 2.19. The third-order valence-electron chi connectivity index (χ3n) is 2.68. The van der Waals surface area contributed by atoms with Gasteiger partial charge in [-0.2, -0.15) is 4.39 Å². The molecule has 90 valence electrons. The molecule has 1 unspecified atom stereocenters. The van der Waals surface area contributed by atoms with Gasteiger partial charge in [0.2, 0.25) is 5.82 Å². The molecule has 1 aromatic heterocycles. The summed E-state index contributed by atoms with van der Waals surface area (Å²) in [5.41, 5.74) is -2.02. The highest BCUT2D eigenvalue weighted by Crippen LogP contribution is 2.27. The fraction of sp³-hybridized carbons (Fsp3) is 0.600. The van der Waals surface area contributed by atoms with Gasteiger partial charge in [-0.05, 0) is 12.3 Å². The third-order valence-corrected chi connectivity index (χ3v) is 2.94. The smallest absolute Gasteiger partial charge is 0.295 e. The van der Waals surface area contributed by atoms with Gasteiger partial charge in [0.1, 0.15) is 0 Å². The molecule has 0 aliphatic carbocycles. The highest BCUT2D eigenvalue weighted by molar-refractivity contribution is 6.29. The number of hydrogen-bond acceptors (Lipinski definition) is 2. The van der Waals surface area contributed by atoms with Crippen LogP contribution in [0.3, 0.4) is 0 Å². The van der Waals surface area contributed by atoms with Crippen LogP contribution in [-0.2, 0) is 0 Å². The first-order valence-electron chi connectivity index (χ1n) is 4.86. The molecular weight excluding hydrogens is 235 g/mol. The molecule has 1 rings (SSSR count). The second kappa shape index (κ2) is 4.05. The Bertz CT molecular complexity index is 513. The van der Waals surface area contributed by atoms with Crippen molar-refractivity contribution >= 4 is 11.6 Å². The number of hydrogen-bond donors (Lipinski definition) is 1. The number of rotatable bonds is 1. The minimum absolute atomic E-state index is 0.336. The second-order valence-electron chi connectivity index (χ2n) is 4.78. The molecule has 0 spiro atoms. The van der Waals surface area contributed by atoms with E-state index in [0.717, 1.165) is 4.57 Å². The molecule has 0 amide bonds. The molecule has 1 atom stereocenters. The topological polar surface area (TPSA) is 54.9 Å². The summed E-state index contributed by atoms with van der Waals surface area (Å²) >= 11 is 5.37. The van der Waals surface area contributed by atoms with E-state index in [-0.39, 0.29) is 5.41 Å². The predicted molar refractivity (Wildman–Crippen MR) is 60.5 cm³/mol. The van der Waals surface area contributed by atoms with Gasteiger partial charge in [0.05, 0.1) is 0 Å². The van der Waals surface area contributed by atoms with Crippen LogP contribution >= 0.6 is 11.6 Å². The van der Waals surface area contributed by atoms with Crippen LogP contribution in [0.1, 0.15) is 33.7 Å². The average Bonchev–Trinajstić information content (AvgIpc) is 2.13. The highest BCUT2D eigenvalue weighted by atomic mass is 35.5. The van der Waals surface area contributed by atoms with Gasteiger partial charge in [-0.25, -0.2) is 4.79 Å². The van der Waals surface area contributed by atoms with E-state index >= 15 is 0 Å². The summed E-state index contributed by atoms with van der Waals surface area (Å²) in [6.45, 7) is 7.26. The van der Waals surface area contributed by atoms with E-state index in [0.29, 0.717) is 0 Å². The van der Waals surface area contributed by atoms with Crippen molar-refractivity contribution in [2.45, 2.75) is 33.7 Å². The Balaban J connectivity index is 3.54. The number of nitrogens with zero attached hydrogens (tertiary/aromatic N) is 1. The van der Waals surface area contributed by atoms with E-state index in [1.165, 1.54) is 0 Å². The number of aromatic amines is 1. The maximum absolute atomic E-state index is 13.3. The molecule has 0 aliphatic heterocycles. The Morgan fingerprint density at radius 2 is 1.88 bits per heavy atom. The highest BCUT2D eigenvalue weighted by Gasteiger charge is 2.26. The monoisotopic (exact) mass is 248 g/mol. The first-order chi connectivity index (χ1) is 7.16. The Kier molecular flexibility index (Phi) is 3.28. The summed E-state index contributed by atoms with van der Waals surface area (Å²) in [6.07, 6.45) is 0.